The Balaban J connectivity index is 1.35. The third-order valence-electron chi connectivity index (χ3n) is 4.82. The first-order valence-electron chi connectivity index (χ1n) is 8.91. The molecule has 0 bridgehead atoms. The minimum absolute atomic E-state index is 0.0143. The van der Waals surface area contributed by atoms with E-state index in [1.807, 2.05) is 12.1 Å². The van der Waals surface area contributed by atoms with Gasteiger partial charge < -0.3 is 10.2 Å². The Morgan fingerprint density at radius 3 is 2.57 bits per heavy atom. The molecule has 5 nitrogen and oxygen atoms in total. The first-order valence-corrected chi connectivity index (χ1v) is 10.5. The molecule has 1 aliphatic heterocycles. The van der Waals surface area contributed by atoms with E-state index in [0.717, 1.165) is 4.47 Å². The maximum atomic E-state index is 13.3. The summed E-state index contributed by atoms with van der Waals surface area (Å²) < 4.78 is 14.9. The molecule has 0 atom stereocenters. The summed E-state index contributed by atoms with van der Waals surface area (Å²) in [6.45, 7) is 1.08. The summed E-state index contributed by atoms with van der Waals surface area (Å²) in [5.74, 6) is -0.607. The summed E-state index contributed by atoms with van der Waals surface area (Å²) in [7, 11) is 0. The Morgan fingerprint density at radius 1 is 1.14 bits per heavy atom. The topological polar surface area (TPSA) is 62.3 Å². The molecule has 1 N–H and O–H groups in total. The molecule has 4 rings (SSSR count). The molecular formula is C20H17BrFN3O2S. The average molecular weight is 462 g/mol. The molecule has 0 radical (unpaired) electrons. The molecule has 144 valence electrons. The Kier molecular flexibility index (Phi) is 5.41. The van der Waals surface area contributed by atoms with Crippen LogP contribution in [0.5, 0.6) is 0 Å². The van der Waals surface area contributed by atoms with E-state index in [1.165, 1.54) is 23.5 Å². The number of amides is 2. The minimum atomic E-state index is -0.322. The molecule has 0 spiro atoms. The maximum Gasteiger partial charge on any atom is 0.253 e. The van der Waals surface area contributed by atoms with Crippen molar-refractivity contribution in [1.29, 1.82) is 0 Å². The lowest BCUT2D eigenvalue weighted by Gasteiger charge is -2.31. The number of benzene rings is 2. The molecule has 1 fully saturated rings. The Hall–Kier alpha value is -2.32. The molecule has 1 aromatic heterocycles. The van der Waals surface area contributed by atoms with E-state index in [9.17, 15) is 14.0 Å². The van der Waals surface area contributed by atoms with Gasteiger partial charge in [0.25, 0.3) is 5.91 Å². The molecule has 2 aromatic carbocycles. The van der Waals surface area contributed by atoms with Crippen LogP contribution in [0.15, 0.2) is 46.9 Å². The number of nitrogens with one attached hydrogen (secondary N) is 1. The largest absolute Gasteiger partial charge is 0.339 e. The van der Waals surface area contributed by atoms with E-state index in [-0.39, 0.29) is 23.5 Å². The van der Waals surface area contributed by atoms with Crippen LogP contribution in [-0.2, 0) is 4.79 Å². The van der Waals surface area contributed by atoms with Gasteiger partial charge in [0.05, 0.1) is 10.2 Å². The molecule has 0 aliphatic carbocycles. The summed E-state index contributed by atoms with van der Waals surface area (Å²) in [6.07, 6.45) is 1.21. The van der Waals surface area contributed by atoms with Crippen LogP contribution in [0.25, 0.3) is 10.2 Å². The molecule has 0 saturated carbocycles. The van der Waals surface area contributed by atoms with E-state index in [4.69, 9.17) is 0 Å². The third kappa shape index (κ3) is 4.07. The second kappa shape index (κ2) is 7.97. The molecule has 1 aliphatic rings. The number of piperidine rings is 1. The molecule has 1 saturated heterocycles. The first kappa shape index (κ1) is 19.0. The Morgan fingerprint density at radius 2 is 1.86 bits per heavy atom. The highest BCUT2D eigenvalue weighted by molar-refractivity contribution is 9.10. The zero-order chi connectivity index (χ0) is 19.7. The Bertz CT molecular complexity index is 1030. The van der Waals surface area contributed by atoms with E-state index < -0.39 is 0 Å². The number of hydrogen-bond donors (Lipinski definition) is 1. The van der Waals surface area contributed by atoms with Crippen LogP contribution in [0.2, 0.25) is 0 Å². The summed E-state index contributed by atoms with van der Waals surface area (Å²) in [4.78, 5) is 31.3. The smallest absolute Gasteiger partial charge is 0.253 e. The van der Waals surface area contributed by atoms with Gasteiger partial charge in [-0.25, -0.2) is 9.37 Å². The number of halogens is 2. The number of rotatable bonds is 3. The number of hydrogen-bond acceptors (Lipinski definition) is 4. The molecule has 28 heavy (non-hydrogen) atoms. The standard InChI is InChI=1S/C20H17BrFN3O2S/c21-14-3-1-13(2-4-14)19(27)25-9-7-12(8-10-25)18(26)24-20-23-16-6-5-15(22)11-17(16)28-20/h1-6,11-12H,7-10H2,(H,23,24,26). The zero-order valence-electron chi connectivity index (χ0n) is 14.8. The van der Waals surface area contributed by atoms with Crippen molar-refractivity contribution in [2.24, 2.45) is 5.92 Å². The van der Waals surface area contributed by atoms with Gasteiger partial charge in [0, 0.05) is 29.0 Å². The molecule has 2 heterocycles. The van der Waals surface area contributed by atoms with Crippen molar-refractivity contribution in [2.45, 2.75) is 12.8 Å². The number of carbonyl (C=O) groups excluding carboxylic acids is 2. The number of nitrogens with zero attached hydrogens (tertiary/aromatic N) is 2. The quantitative estimate of drug-likeness (QED) is 0.615. The van der Waals surface area contributed by atoms with Crippen LogP contribution < -0.4 is 5.32 Å². The molecule has 3 aromatic rings. The van der Waals surface area contributed by atoms with Crippen molar-refractivity contribution < 1.29 is 14.0 Å². The third-order valence-corrected chi connectivity index (χ3v) is 6.29. The van der Waals surface area contributed by atoms with Gasteiger partial charge >= 0.3 is 0 Å². The van der Waals surface area contributed by atoms with Gasteiger partial charge in [-0.2, -0.15) is 0 Å². The monoisotopic (exact) mass is 461 g/mol. The van der Waals surface area contributed by atoms with Crippen LogP contribution in [0, 0.1) is 11.7 Å². The average Bonchev–Trinajstić information content (AvgIpc) is 3.09. The van der Waals surface area contributed by atoms with Gasteiger partial charge in [-0.05, 0) is 55.3 Å². The van der Waals surface area contributed by atoms with Gasteiger partial charge in [0.2, 0.25) is 5.91 Å². The van der Waals surface area contributed by atoms with Crippen molar-refractivity contribution in [1.82, 2.24) is 9.88 Å². The van der Waals surface area contributed by atoms with Crippen molar-refractivity contribution in [3.05, 3.63) is 58.3 Å². The molecule has 8 heteroatoms. The highest BCUT2D eigenvalue weighted by Gasteiger charge is 2.28. The first-order chi connectivity index (χ1) is 13.5. The molecule has 0 unspecified atom stereocenters. The van der Waals surface area contributed by atoms with Crippen LogP contribution >= 0.6 is 27.3 Å². The fraction of sp³-hybridized carbons (Fsp3) is 0.250. The van der Waals surface area contributed by atoms with Crippen LogP contribution in [0.3, 0.4) is 0 Å². The van der Waals surface area contributed by atoms with E-state index in [2.05, 4.69) is 26.2 Å². The number of carbonyl (C=O) groups is 2. The van der Waals surface area contributed by atoms with E-state index in [0.29, 0.717) is 46.8 Å². The predicted octanol–water partition coefficient (Wildman–Crippen LogP) is 4.69. The van der Waals surface area contributed by atoms with Crippen molar-refractivity contribution in [3.63, 3.8) is 0 Å². The van der Waals surface area contributed by atoms with Crippen molar-refractivity contribution >= 4 is 54.4 Å². The lowest BCUT2D eigenvalue weighted by Crippen LogP contribution is -2.41. The minimum Gasteiger partial charge on any atom is -0.339 e. The summed E-state index contributed by atoms with van der Waals surface area (Å²) >= 11 is 4.62. The lowest BCUT2D eigenvalue weighted by atomic mass is 9.95. The summed E-state index contributed by atoms with van der Waals surface area (Å²) in [6, 6.07) is 11.6. The second-order valence-corrected chi connectivity index (χ2v) is 8.64. The number of aromatic nitrogens is 1. The number of thiazole rings is 1. The number of fused-ring (bicyclic) bond motifs is 1. The van der Waals surface area contributed by atoms with E-state index in [1.54, 1.807) is 23.1 Å². The highest BCUT2D eigenvalue weighted by atomic mass is 79.9. The van der Waals surface area contributed by atoms with Crippen LogP contribution in [-0.4, -0.2) is 34.8 Å². The van der Waals surface area contributed by atoms with Gasteiger partial charge in [-0.3, -0.25) is 9.59 Å². The second-order valence-electron chi connectivity index (χ2n) is 6.69. The van der Waals surface area contributed by atoms with Gasteiger partial charge in [-0.1, -0.05) is 27.3 Å². The Labute approximate surface area is 173 Å². The zero-order valence-corrected chi connectivity index (χ0v) is 17.2. The summed E-state index contributed by atoms with van der Waals surface area (Å²) in [5.41, 5.74) is 1.31. The van der Waals surface area contributed by atoms with Crippen LogP contribution in [0.4, 0.5) is 9.52 Å². The molecule has 2 amide bonds. The van der Waals surface area contributed by atoms with Gasteiger partial charge in [0.1, 0.15) is 5.82 Å². The normalized spacial score (nSPS) is 15.0. The van der Waals surface area contributed by atoms with Crippen molar-refractivity contribution in [2.75, 3.05) is 18.4 Å². The maximum absolute atomic E-state index is 13.3. The fourth-order valence-corrected chi connectivity index (χ4v) is 4.44. The van der Waals surface area contributed by atoms with Crippen LogP contribution in [0.1, 0.15) is 23.2 Å². The van der Waals surface area contributed by atoms with Gasteiger partial charge in [-0.15, -0.1) is 0 Å². The number of anilines is 1. The van der Waals surface area contributed by atoms with Crippen molar-refractivity contribution in [3.8, 4) is 0 Å². The lowest BCUT2D eigenvalue weighted by molar-refractivity contribution is -0.121. The predicted molar refractivity (Wildman–Crippen MR) is 111 cm³/mol. The molecular weight excluding hydrogens is 445 g/mol. The fourth-order valence-electron chi connectivity index (χ4n) is 3.28. The number of likely N-dealkylation sites (tertiary alicyclic amines) is 1. The van der Waals surface area contributed by atoms with E-state index >= 15 is 0 Å². The van der Waals surface area contributed by atoms with Gasteiger partial charge in [0.15, 0.2) is 5.13 Å². The summed E-state index contributed by atoms with van der Waals surface area (Å²) in [5, 5.41) is 3.31. The SMILES string of the molecule is O=C(Nc1nc2ccc(F)cc2s1)C1CCN(C(=O)c2ccc(Br)cc2)CC1. The highest BCUT2D eigenvalue weighted by Crippen LogP contribution is 2.28.